The number of hydrogen-bond donors (Lipinski definition) is 4. The van der Waals surface area contributed by atoms with Crippen molar-refractivity contribution in [2.45, 2.75) is 0 Å². The Labute approximate surface area is 196 Å². The van der Waals surface area contributed by atoms with Crippen molar-refractivity contribution < 1.29 is 27.9 Å². The van der Waals surface area contributed by atoms with Gasteiger partial charge in [0.2, 0.25) is 5.95 Å². The van der Waals surface area contributed by atoms with Gasteiger partial charge in [0, 0.05) is 17.1 Å². The molecule has 1 amide bonds. The first-order chi connectivity index (χ1) is 16.8. The lowest BCUT2D eigenvalue weighted by Crippen LogP contribution is -2.13. The summed E-state index contributed by atoms with van der Waals surface area (Å²) in [6.07, 6.45) is 0.905. The number of nitrogens with one attached hydrogen (secondary N) is 3. The first-order valence-electron chi connectivity index (χ1n) is 10.1. The van der Waals surface area contributed by atoms with Gasteiger partial charge in [0.1, 0.15) is 11.6 Å². The van der Waals surface area contributed by atoms with Crippen molar-refractivity contribution in [3.05, 3.63) is 102 Å². The van der Waals surface area contributed by atoms with E-state index in [0.717, 1.165) is 18.3 Å². The predicted octanol–water partition coefficient (Wildman–Crippen LogP) is 5.33. The molecule has 0 atom stereocenters. The Bertz CT molecular complexity index is 1410. The zero-order valence-corrected chi connectivity index (χ0v) is 17.7. The van der Waals surface area contributed by atoms with Crippen molar-refractivity contribution in [3.63, 3.8) is 0 Å². The molecule has 0 unspecified atom stereocenters. The van der Waals surface area contributed by atoms with E-state index in [1.807, 2.05) is 0 Å². The molecule has 0 radical (unpaired) electrons. The summed E-state index contributed by atoms with van der Waals surface area (Å²) in [6.45, 7) is 0. The number of carboxylic acid groups (broad SMARTS) is 1. The first-order valence-corrected chi connectivity index (χ1v) is 10.1. The van der Waals surface area contributed by atoms with Gasteiger partial charge in [-0.05, 0) is 54.6 Å². The molecule has 1 aromatic heterocycles. The molecular formula is C24H16F3N5O3. The van der Waals surface area contributed by atoms with Crippen LogP contribution in [0.4, 0.5) is 42.0 Å². The Morgan fingerprint density at radius 1 is 0.743 bits per heavy atom. The molecule has 0 aliphatic heterocycles. The Morgan fingerprint density at radius 3 is 2.11 bits per heavy atom. The normalized spacial score (nSPS) is 10.5. The lowest BCUT2D eigenvalue weighted by Gasteiger charge is -2.11. The highest BCUT2D eigenvalue weighted by molar-refractivity contribution is 6.04. The average molecular weight is 479 g/mol. The Balaban J connectivity index is 1.45. The molecule has 176 valence electrons. The van der Waals surface area contributed by atoms with Crippen molar-refractivity contribution in [3.8, 4) is 0 Å². The Kier molecular flexibility index (Phi) is 6.58. The molecule has 0 spiro atoms. The first kappa shape index (κ1) is 23.2. The van der Waals surface area contributed by atoms with Crippen LogP contribution in [0.25, 0.3) is 0 Å². The monoisotopic (exact) mass is 479 g/mol. The third-order valence-corrected chi connectivity index (χ3v) is 4.72. The van der Waals surface area contributed by atoms with E-state index in [1.165, 1.54) is 36.4 Å². The number of carboxylic acids is 1. The van der Waals surface area contributed by atoms with Gasteiger partial charge in [-0.15, -0.1) is 0 Å². The Hall–Kier alpha value is -4.93. The summed E-state index contributed by atoms with van der Waals surface area (Å²) in [4.78, 5) is 31.0. The number of benzene rings is 3. The van der Waals surface area contributed by atoms with Gasteiger partial charge in [-0.2, -0.15) is 4.98 Å². The van der Waals surface area contributed by atoms with E-state index in [-0.39, 0.29) is 23.0 Å². The molecule has 0 saturated carbocycles. The standard InChI is InChI=1S/C24H16F3N5O3/c25-18-4-2-1-3-16(18)22(33)30-14-7-5-13(6-8-14)29-21-20(27)12-28-24(32-21)31-15-9-10-17(23(34)35)19(26)11-15/h1-12H,(H,30,33)(H,34,35)(H2,28,29,31,32). The molecule has 11 heteroatoms. The quantitative estimate of drug-likeness (QED) is 0.283. The number of anilines is 5. The lowest BCUT2D eigenvalue weighted by atomic mass is 10.2. The average Bonchev–Trinajstić information content (AvgIpc) is 2.82. The predicted molar refractivity (Wildman–Crippen MR) is 123 cm³/mol. The molecule has 4 rings (SSSR count). The number of aromatic nitrogens is 2. The number of amides is 1. The highest BCUT2D eigenvalue weighted by Gasteiger charge is 2.13. The summed E-state index contributed by atoms with van der Waals surface area (Å²) in [5.74, 6) is -4.64. The summed E-state index contributed by atoms with van der Waals surface area (Å²) < 4.78 is 41.9. The van der Waals surface area contributed by atoms with Crippen LogP contribution in [0.5, 0.6) is 0 Å². The van der Waals surface area contributed by atoms with Crippen LogP contribution < -0.4 is 16.0 Å². The number of hydrogen-bond acceptors (Lipinski definition) is 6. The van der Waals surface area contributed by atoms with Gasteiger partial charge in [0.05, 0.1) is 17.3 Å². The van der Waals surface area contributed by atoms with E-state index >= 15 is 0 Å². The topological polar surface area (TPSA) is 116 Å². The van der Waals surface area contributed by atoms with Crippen LogP contribution in [0.3, 0.4) is 0 Å². The highest BCUT2D eigenvalue weighted by Crippen LogP contribution is 2.23. The fourth-order valence-electron chi connectivity index (χ4n) is 3.03. The van der Waals surface area contributed by atoms with Crippen LogP contribution in [0, 0.1) is 17.5 Å². The molecule has 0 aliphatic rings. The van der Waals surface area contributed by atoms with Gasteiger partial charge in [0.15, 0.2) is 11.6 Å². The molecule has 0 fully saturated rings. The fraction of sp³-hybridized carbons (Fsp3) is 0. The second-order valence-electron chi connectivity index (χ2n) is 7.15. The number of carbonyl (C=O) groups is 2. The molecule has 0 bridgehead atoms. The van der Waals surface area contributed by atoms with Crippen LogP contribution in [-0.4, -0.2) is 27.0 Å². The molecule has 0 aliphatic carbocycles. The largest absolute Gasteiger partial charge is 0.478 e. The molecule has 4 aromatic rings. The third kappa shape index (κ3) is 5.53. The minimum absolute atomic E-state index is 0.0647. The van der Waals surface area contributed by atoms with Gasteiger partial charge in [0.25, 0.3) is 5.91 Å². The second-order valence-corrected chi connectivity index (χ2v) is 7.15. The van der Waals surface area contributed by atoms with Crippen LogP contribution in [0.15, 0.2) is 72.9 Å². The fourth-order valence-corrected chi connectivity index (χ4v) is 3.03. The molecule has 8 nitrogen and oxygen atoms in total. The van der Waals surface area contributed by atoms with Gasteiger partial charge in [-0.1, -0.05) is 12.1 Å². The molecule has 35 heavy (non-hydrogen) atoms. The van der Waals surface area contributed by atoms with E-state index in [4.69, 9.17) is 5.11 Å². The number of aromatic carboxylic acids is 1. The van der Waals surface area contributed by atoms with E-state index in [0.29, 0.717) is 11.4 Å². The second kappa shape index (κ2) is 9.91. The summed E-state index contributed by atoms with van der Waals surface area (Å²) in [7, 11) is 0. The van der Waals surface area contributed by atoms with Crippen LogP contribution in [-0.2, 0) is 0 Å². The maximum Gasteiger partial charge on any atom is 0.338 e. The SMILES string of the molecule is O=C(O)c1ccc(Nc2ncc(F)c(Nc3ccc(NC(=O)c4ccccc4F)cc3)n2)cc1F. The van der Waals surface area contributed by atoms with Crippen molar-refractivity contribution in [2.24, 2.45) is 0 Å². The van der Waals surface area contributed by atoms with Gasteiger partial charge >= 0.3 is 5.97 Å². The molecule has 0 saturated heterocycles. The van der Waals surface area contributed by atoms with E-state index in [2.05, 4.69) is 25.9 Å². The van der Waals surface area contributed by atoms with E-state index in [1.54, 1.807) is 18.2 Å². The number of carbonyl (C=O) groups excluding carboxylic acids is 1. The number of nitrogens with zero attached hydrogens (tertiary/aromatic N) is 2. The minimum Gasteiger partial charge on any atom is -0.478 e. The highest BCUT2D eigenvalue weighted by atomic mass is 19.1. The van der Waals surface area contributed by atoms with Crippen molar-refractivity contribution in [1.82, 2.24) is 9.97 Å². The summed E-state index contributed by atoms with van der Waals surface area (Å²) >= 11 is 0. The minimum atomic E-state index is -1.41. The molecule has 4 N–H and O–H groups in total. The maximum atomic E-state index is 14.2. The number of halogens is 3. The maximum absolute atomic E-state index is 14.2. The van der Waals surface area contributed by atoms with Crippen LogP contribution in [0.2, 0.25) is 0 Å². The number of rotatable bonds is 7. The van der Waals surface area contributed by atoms with Crippen LogP contribution in [0.1, 0.15) is 20.7 Å². The molecular weight excluding hydrogens is 463 g/mol. The van der Waals surface area contributed by atoms with Crippen molar-refractivity contribution in [2.75, 3.05) is 16.0 Å². The van der Waals surface area contributed by atoms with Gasteiger partial charge < -0.3 is 21.1 Å². The Morgan fingerprint density at radius 2 is 1.43 bits per heavy atom. The summed E-state index contributed by atoms with van der Waals surface area (Å²) in [5.41, 5.74) is 0.386. The van der Waals surface area contributed by atoms with Crippen molar-refractivity contribution in [1.29, 1.82) is 0 Å². The van der Waals surface area contributed by atoms with Gasteiger partial charge in [-0.3, -0.25) is 4.79 Å². The third-order valence-electron chi connectivity index (χ3n) is 4.72. The van der Waals surface area contributed by atoms with E-state index in [9.17, 15) is 22.8 Å². The zero-order valence-electron chi connectivity index (χ0n) is 17.7. The molecule has 1 heterocycles. The summed E-state index contributed by atoms with van der Waals surface area (Å²) in [6, 6.07) is 15.1. The van der Waals surface area contributed by atoms with Crippen molar-refractivity contribution >= 4 is 40.7 Å². The molecule has 3 aromatic carbocycles. The zero-order chi connectivity index (χ0) is 24.9. The van der Waals surface area contributed by atoms with Crippen LogP contribution >= 0.6 is 0 Å². The lowest BCUT2D eigenvalue weighted by molar-refractivity contribution is 0.0691. The summed E-state index contributed by atoms with van der Waals surface area (Å²) in [5, 5.41) is 16.9. The smallest absolute Gasteiger partial charge is 0.338 e. The van der Waals surface area contributed by atoms with E-state index < -0.39 is 34.9 Å². The van der Waals surface area contributed by atoms with Gasteiger partial charge in [-0.25, -0.2) is 22.9 Å².